The van der Waals surface area contributed by atoms with E-state index in [4.69, 9.17) is 23.2 Å². The van der Waals surface area contributed by atoms with Gasteiger partial charge in [-0.3, -0.25) is 9.36 Å². The largest absolute Gasteiger partial charge is 0.373 e. The van der Waals surface area contributed by atoms with Crippen LogP contribution in [0.5, 0.6) is 0 Å². The van der Waals surface area contributed by atoms with Crippen LogP contribution in [-0.4, -0.2) is 48.7 Å². The Bertz CT molecular complexity index is 1020. The molecule has 0 radical (unpaired) electrons. The Morgan fingerprint density at radius 1 is 1.07 bits per heavy atom. The SMILES string of the molecule is CN(C)CCN(C)c1ccc2nc(CCl)n(-c3ccccc3Cl)c(=O)c2c1. The first kappa shape index (κ1) is 19.7. The molecule has 0 saturated carbocycles. The lowest BCUT2D eigenvalue weighted by atomic mass is 10.2. The third kappa shape index (κ3) is 4.10. The third-order valence-electron chi connectivity index (χ3n) is 4.46. The average Bonchev–Trinajstić information content (AvgIpc) is 2.66. The van der Waals surface area contributed by atoms with Crippen molar-refractivity contribution in [3.05, 3.63) is 63.7 Å². The van der Waals surface area contributed by atoms with Crippen LogP contribution < -0.4 is 10.5 Å². The van der Waals surface area contributed by atoms with Gasteiger partial charge in [0.1, 0.15) is 5.82 Å². The van der Waals surface area contributed by atoms with Gasteiger partial charge in [-0.1, -0.05) is 23.7 Å². The normalized spacial score (nSPS) is 11.3. The van der Waals surface area contributed by atoms with Crippen molar-refractivity contribution < 1.29 is 0 Å². The quantitative estimate of drug-likeness (QED) is 0.586. The molecular formula is C20H22Cl2N4O. The van der Waals surface area contributed by atoms with Crippen LogP contribution in [0.2, 0.25) is 5.02 Å². The van der Waals surface area contributed by atoms with Gasteiger partial charge >= 0.3 is 0 Å². The number of anilines is 1. The highest BCUT2D eigenvalue weighted by atomic mass is 35.5. The summed E-state index contributed by atoms with van der Waals surface area (Å²) in [7, 11) is 6.08. The maximum Gasteiger partial charge on any atom is 0.266 e. The van der Waals surface area contributed by atoms with Gasteiger partial charge in [0.05, 0.1) is 27.5 Å². The van der Waals surface area contributed by atoms with Crippen LogP contribution in [0.3, 0.4) is 0 Å². The third-order valence-corrected chi connectivity index (χ3v) is 5.02. The second-order valence-electron chi connectivity index (χ2n) is 6.68. The van der Waals surface area contributed by atoms with Gasteiger partial charge in [0.15, 0.2) is 0 Å². The minimum atomic E-state index is -0.174. The van der Waals surface area contributed by atoms with Gasteiger partial charge in [0, 0.05) is 25.8 Å². The molecule has 1 aromatic heterocycles. The van der Waals surface area contributed by atoms with Gasteiger partial charge in [-0.2, -0.15) is 0 Å². The highest BCUT2D eigenvalue weighted by Crippen LogP contribution is 2.23. The molecule has 142 valence electrons. The molecular weight excluding hydrogens is 383 g/mol. The molecule has 0 unspecified atom stereocenters. The van der Waals surface area contributed by atoms with Gasteiger partial charge in [-0.25, -0.2) is 4.98 Å². The first-order valence-electron chi connectivity index (χ1n) is 8.65. The molecule has 0 spiro atoms. The summed E-state index contributed by atoms with van der Waals surface area (Å²) in [4.78, 5) is 22.1. The molecule has 3 aromatic rings. The first-order chi connectivity index (χ1) is 12.9. The van der Waals surface area contributed by atoms with Gasteiger partial charge in [0.25, 0.3) is 5.56 Å². The van der Waals surface area contributed by atoms with Crippen molar-refractivity contribution in [2.75, 3.05) is 39.1 Å². The molecule has 7 heteroatoms. The summed E-state index contributed by atoms with van der Waals surface area (Å²) in [5.74, 6) is 0.580. The van der Waals surface area contributed by atoms with Gasteiger partial charge in [-0.15, -0.1) is 11.6 Å². The standard InChI is InChI=1S/C20H22Cl2N4O/c1-24(2)10-11-25(3)14-8-9-17-15(12-14)20(27)26(19(13-21)23-17)18-7-5-4-6-16(18)22/h4-9,12H,10-11,13H2,1-3H3. The number of para-hydroxylation sites is 1. The second-order valence-corrected chi connectivity index (χ2v) is 7.35. The Kier molecular flexibility index (Phi) is 6.05. The van der Waals surface area contributed by atoms with Gasteiger partial charge < -0.3 is 9.80 Å². The van der Waals surface area contributed by atoms with Crippen molar-refractivity contribution in [3.8, 4) is 5.69 Å². The first-order valence-corrected chi connectivity index (χ1v) is 9.56. The molecule has 27 heavy (non-hydrogen) atoms. The predicted octanol–water partition coefficient (Wildman–Crippen LogP) is 3.78. The lowest BCUT2D eigenvalue weighted by Gasteiger charge is -2.22. The lowest BCUT2D eigenvalue weighted by molar-refractivity contribution is 0.416. The molecule has 0 saturated heterocycles. The number of halogens is 2. The van der Waals surface area contributed by atoms with E-state index in [2.05, 4.69) is 14.8 Å². The molecule has 1 heterocycles. The summed E-state index contributed by atoms with van der Waals surface area (Å²) in [6, 6.07) is 12.9. The van der Waals surface area contributed by atoms with Crippen molar-refractivity contribution in [2.45, 2.75) is 5.88 Å². The molecule has 5 nitrogen and oxygen atoms in total. The molecule has 0 N–H and O–H groups in total. The van der Waals surface area contributed by atoms with Crippen LogP contribution in [0.15, 0.2) is 47.3 Å². The molecule has 2 aromatic carbocycles. The van der Waals surface area contributed by atoms with E-state index in [1.54, 1.807) is 12.1 Å². The van der Waals surface area contributed by atoms with Crippen LogP contribution in [0, 0.1) is 0 Å². The number of hydrogen-bond donors (Lipinski definition) is 0. The zero-order chi connectivity index (χ0) is 19.6. The van der Waals surface area contributed by atoms with Crippen molar-refractivity contribution in [3.63, 3.8) is 0 Å². The van der Waals surface area contributed by atoms with Gasteiger partial charge in [0.2, 0.25) is 0 Å². The van der Waals surface area contributed by atoms with E-state index in [1.807, 2.05) is 51.5 Å². The molecule has 0 fully saturated rings. The summed E-state index contributed by atoms with van der Waals surface area (Å²) in [5.41, 5.74) is 2.00. The minimum Gasteiger partial charge on any atom is -0.373 e. The van der Waals surface area contributed by atoms with E-state index in [-0.39, 0.29) is 11.4 Å². The number of hydrogen-bond acceptors (Lipinski definition) is 4. The average molecular weight is 405 g/mol. The van der Waals surface area contributed by atoms with Crippen molar-refractivity contribution in [1.82, 2.24) is 14.5 Å². The Hall–Kier alpha value is -2.08. The number of likely N-dealkylation sites (N-methyl/N-ethyl adjacent to an activating group) is 2. The Balaban J connectivity index is 2.15. The summed E-state index contributed by atoms with van der Waals surface area (Å²) >= 11 is 12.4. The Morgan fingerprint density at radius 2 is 1.81 bits per heavy atom. The molecule has 0 amide bonds. The second kappa shape index (κ2) is 8.30. The number of nitrogens with zero attached hydrogens (tertiary/aromatic N) is 4. The van der Waals surface area contributed by atoms with Crippen LogP contribution >= 0.6 is 23.2 Å². The maximum absolute atomic E-state index is 13.3. The predicted molar refractivity (Wildman–Crippen MR) is 114 cm³/mol. The fourth-order valence-electron chi connectivity index (χ4n) is 2.91. The smallest absolute Gasteiger partial charge is 0.266 e. The molecule has 0 aliphatic heterocycles. The number of aromatic nitrogens is 2. The zero-order valence-electron chi connectivity index (χ0n) is 15.6. The number of benzene rings is 2. The fraction of sp³-hybridized carbons (Fsp3) is 0.300. The molecule has 0 bridgehead atoms. The van der Waals surface area contributed by atoms with Crippen LogP contribution in [0.1, 0.15) is 5.82 Å². The number of alkyl halides is 1. The van der Waals surface area contributed by atoms with Crippen LogP contribution in [0.25, 0.3) is 16.6 Å². The summed E-state index contributed by atoms with van der Waals surface area (Å²) in [5, 5.41) is 1.02. The molecule has 0 aliphatic rings. The molecule has 0 atom stereocenters. The van der Waals surface area contributed by atoms with E-state index in [9.17, 15) is 4.79 Å². The summed E-state index contributed by atoms with van der Waals surface area (Å²) < 4.78 is 1.50. The van der Waals surface area contributed by atoms with E-state index in [0.717, 1.165) is 18.8 Å². The fourth-order valence-corrected chi connectivity index (χ4v) is 3.31. The van der Waals surface area contributed by atoms with Crippen LogP contribution in [0.4, 0.5) is 5.69 Å². The maximum atomic E-state index is 13.3. The topological polar surface area (TPSA) is 41.4 Å². The minimum absolute atomic E-state index is 0.112. The van der Waals surface area contributed by atoms with Crippen molar-refractivity contribution in [1.29, 1.82) is 0 Å². The van der Waals surface area contributed by atoms with E-state index >= 15 is 0 Å². The molecule has 0 aliphatic carbocycles. The van der Waals surface area contributed by atoms with E-state index in [1.165, 1.54) is 4.57 Å². The number of rotatable bonds is 6. The Labute approximate surface area is 168 Å². The highest BCUT2D eigenvalue weighted by Gasteiger charge is 2.15. The van der Waals surface area contributed by atoms with Crippen molar-refractivity contribution >= 4 is 39.8 Å². The monoisotopic (exact) mass is 404 g/mol. The lowest BCUT2D eigenvalue weighted by Crippen LogP contribution is -2.29. The summed E-state index contributed by atoms with van der Waals surface area (Å²) in [6.45, 7) is 1.77. The number of fused-ring (bicyclic) bond motifs is 1. The van der Waals surface area contributed by atoms with Crippen molar-refractivity contribution in [2.24, 2.45) is 0 Å². The zero-order valence-corrected chi connectivity index (χ0v) is 17.1. The van der Waals surface area contributed by atoms with Gasteiger partial charge in [-0.05, 0) is 44.4 Å². The summed E-state index contributed by atoms with van der Waals surface area (Å²) in [6.07, 6.45) is 0. The van der Waals surface area contributed by atoms with E-state index < -0.39 is 0 Å². The van der Waals surface area contributed by atoms with E-state index in [0.29, 0.717) is 27.4 Å². The van der Waals surface area contributed by atoms with Crippen LogP contribution in [-0.2, 0) is 5.88 Å². The highest BCUT2D eigenvalue weighted by molar-refractivity contribution is 6.32. The molecule has 3 rings (SSSR count). The Morgan fingerprint density at radius 3 is 2.48 bits per heavy atom.